The Morgan fingerprint density at radius 1 is 1.11 bits per heavy atom. The Balaban J connectivity index is 2.51. The average Bonchev–Trinajstić information content (AvgIpc) is 2.35. The van der Waals surface area contributed by atoms with E-state index in [1.165, 1.54) is 12.1 Å². The topological polar surface area (TPSA) is 26.0 Å². The van der Waals surface area contributed by atoms with E-state index in [0.29, 0.717) is 21.2 Å². The molecule has 0 aliphatic heterocycles. The van der Waals surface area contributed by atoms with Gasteiger partial charge in [0, 0.05) is 0 Å². The first kappa shape index (κ1) is 13.3. The maximum absolute atomic E-state index is 13.3. The van der Waals surface area contributed by atoms with E-state index in [9.17, 15) is 4.39 Å². The largest absolute Gasteiger partial charge is 0.320 e. The fourth-order valence-corrected chi connectivity index (χ4v) is 2.30. The molecule has 0 aliphatic carbocycles. The quantitative estimate of drug-likeness (QED) is 0.864. The van der Waals surface area contributed by atoms with Gasteiger partial charge in [0.1, 0.15) is 5.82 Å². The average molecular weight is 284 g/mol. The van der Waals surface area contributed by atoms with Gasteiger partial charge >= 0.3 is 0 Å². The van der Waals surface area contributed by atoms with Crippen molar-refractivity contribution in [1.29, 1.82) is 0 Å². The van der Waals surface area contributed by atoms with Crippen LogP contribution in [0.15, 0.2) is 36.4 Å². The molecule has 2 aromatic rings. The van der Waals surface area contributed by atoms with Crippen molar-refractivity contribution in [3.8, 4) is 0 Å². The second-order valence-corrected chi connectivity index (χ2v) is 4.91. The lowest BCUT2D eigenvalue weighted by molar-refractivity contribution is 0.622. The third-order valence-corrected chi connectivity index (χ3v) is 3.73. The molecule has 18 heavy (non-hydrogen) atoms. The van der Waals surface area contributed by atoms with Crippen LogP contribution in [0.3, 0.4) is 0 Å². The molecule has 1 unspecified atom stereocenters. The maximum Gasteiger partial charge on any atom is 0.123 e. The minimum atomic E-state index is -0.494. The van der Waals surface area contributed by atoms with Gasteiger partial charge < -0.3 is 5.73 Å². The first-order chi connectivity index (χ1) is 8.50. The zero-order valence-corrected chi connectivity index (χ0v) is 11.3. The molecule has 0 saturated heterocycles. The van der Waals surface area contributed by atoms with Crippen LogP contribution in [0.2, 0.25) is 10.0 Å². The highest BCUT2D eigenvalue weighted by molar-refractivity contribution is 6.42. The van der Waals surface area contributed by atoms with E-state index in [0.717, 1.165) is 5.56 Å². The molecular formula is C14H12Cl2FN. The Labute approximate surface area is 115 Å². The summed E-state index contributed by atoms with van der Waals surface area (Å²) in [5.41, 5.74) is 8.46. The molecule has 0 heterocycles. The van der Waals surface area contributed by atoms with Crippen LogP contribution in [0.25, 0.3) is 0 Å². The van der Waals surface area contributed by atoms with Gasteiger partial charge in [0.2, 0.25) is 0 Å². The van der Waals surface area contributed by atoms with Crippen molar-refractivity contribution in [1.82, 2.24) is 0 Å². The Bertz CT molecular complexity index is 582. The van der Waals surface area contributed by atoms with Crippen LogP contribution in [0, 0.1) is 12.7 Å². The first-order valence-corrected chi connectivity index (χ1v) is 6.22. The first-order valence-electron chi connectivity index (χ1n) is 5.46. The zero-order valence-electron chi connectivity index (χ0n) is 9.75. The summed E-state index contributed by atoms with van der Waals surface area (Å²) in [4.78, 5) is 0. The van der Waals surface area contributed by atoms with E-state index in [1.807, 2.05) is 6.92 Å². The van der Waals surface area contributed by atoms with Crippen molar-refractivity contribution < 1.29 is 4.39 Å². The molecule has 0 bridgehead atoms. The van der Waals surface area contributed by atoms with Gasteiger partial charge in [-0.2, -0.15) is 0 Å². The number of benzene rings is 2. The molecule has 1 atom stereocenters. The van der Waals surface area contributed by atoms with Gasteiger partial charge in [-0.15, -0.1) is 0 Å². The summed E-state index contributed by atoms with van der Waals surface area (Å²) in [5.74, 6) is -0.316. The molecule has 2 aromatic carbocycles. The Morgan fingerprint density at radius 2 is 1.83 bits per heavy atom. The zero-order chi connectivity index (χ0) is 13.3. The molecule has 0 radical (unpaired) electrons. The van der Waals surface area contributed by atoms with Gasteiger partial charge in [0.25, 0.3) is 0 Å². The SMILES string of the molecule is Cc1ccc(F)cc1C(N)c1cccc(Cl)c1Cl. The van der Waals surface area contributed by atoms with E-state index in [2.05, 4.69) is 0 Å². The monoisotopic (exact) mass is 283 g/mol. The standard InChI is InChI=1S/C14H12Cl2FN/c1-8-5-6-9(17)7-11(8)14(18)10-3-2-4-12(15)13(10)16/h2-7,14H,18H2,1H3. The number of nitrogens with two attached hydrogens (primary N) is 1. The minimum absolute atomic E-state index is 0.316. The minimum Gasteiger partial charge on any atom is -0.320 e. The van der Waals surface area contributed by atoms with Crippen molar-refractivity contribution in [2.24, 2.45) is 5.73 Å². The van der Waals surface area contributed by atoms with Gasteiger partial charge in [0.05, 0.1) is 16.1 Å². The Kier molecular flexibility index (Phi) is 3.91. The van der Waals surface area contributed by atoms with Gasteiger partial charge in [0.15, 0.2) is 0 Å². The van der Waals surface area contributed by atoms with Crippen molar-refractivity contribution in [3.63, 3.8) is 0 Å². The molecular weight excluding hydrogens is 272 g/mol. The highest BCUT2D eigenvalue weighted by atomic mass is 35.5. The van der Waals surface area contributed by atoms with Crippen molar-refractivity contribution in [2.75, 3.05) is 0 Å². The van der Waals surface area contributed by atoms with E-state index in [4.69, 9.17) is 28.9 Å². The predicted molar refractivity (Wildman–Crippen MR) is 73.6 cm³/mol. The Hall–Kier alpha value is -1.09. The number of rotatable bonds is 2. The van der Waals surface area contributed by atoms with Gasteiger partial charge in [-0.25, -0.2) is 4.39 Å². The molecule has 0 amide bonds. The molecule has 0 aromatic heterocycles. The van der Waals surface area contributed by atoms with Crippen LogP contribution >= 0.6 is 23.2 Å². The fourth-order valence-electron chi connectivity index (χ4n) is 1.87. The number of hydrogen-bond donors (Lipinski definition) is 1. The van der Waals surface area contributed by atoms with E-state index >= 15 is 0 Å². The van der Waals surface area contributed by atoms with Gasteiger partial charge in [-0.3, -0.25) is 0 Å². The fraction of sp³-hybridized carbons (Fsp3) is 0.143. The van der Waals surface area contributed by atoms with E-state index in [1.54, 1.807) is 24.3 Å². The molecule has 1 nitrogen and oxygen atoms in total. The van der Waals surface area contributed by atoms with Crippen molar-refractivity contribution in [3.05, 3.63) is 69.0 Å². The van der Waals surface area contributed by atoms with Crippen LogP contribution in [0.1, 0.15) is 22.7 Å². The molecule has 2 rings (SSSR count). The van der Waals surface area contributed by atoms with E-state index in [-0.39, 0.29) is 5.82 Å². The summed E-state index contributed by atoms with van der Waals surface area (Å²) in [6.45, 7) is 1.88. The summed E-state index contributed by atoms with van der Waals surface area (Å²) >= 11 is 12.1. The lowest BCUT2D eigenvalue weighted by Crippen LogP contribution is -2.14. The maximum atomic E-state index is 13.3. The molecule has 0 saturated carbocycles. The van der Waals surface area contributed by atoms with Crippen molar-refractivity contribution in [2.45, 2.75) is 13.0 Å². The normalized spacial score (nSPS) is 12.5. The van der Waals surface area contributed by atoms with Crippen LogP contribution in [-0.4, -0.2) is 0 Å². The Morgan fingerprint density at radius 3 is 2.56 bits per heavy atom. The summed E-state index contributed by atoms with van der Waals surface area (Å²) < 4.78 is 13.3. The molecule has 0 aliphatic rings. The van der Waals surface area contributed by atoms with Gasteiger partial charge in [-0.1, -0.05) is 41.4 Å². The lowest BCUT2D eigenvalue weighted by Gasteiger charge is -2.17. The second kappa shape index (κ2) is 5.27. The van der Waals surface area contributed by atoms with Crippen LogP contribution in [0.4, 0.5) is 4.39 Å². The lowest BCUT2D eigenvalue weighted by atomic mass is 9.95. The van der Waals surface area contributed by atoms with Crippen LogP contribution < -0.4 is 5.73 Å². The summed E-state index contributed by atoms with van der Waals surface area (Å²) in [6, 6.07) is 9.30. The number of aryl methyl sites for hydroxylation is 1. The summed E-state index contributed by atoms with van der Waals surface area (Å²) in [7, 11) is 0. The summed E-state index contributed by atoms with van der Waals surface area (Å²) in [5, 5.41) is 0.856. The number of hydrogen-bond acceptors (Lipinski definition) is 1. The smallest absolute Gasteiger partial charge is 0.123 e. The molecule has 4 heteroatoms. The molecule has 0 fully saturated rings. The predicted octanol–water partition coefficient (Wildman–Crippen LogP) is 4.49. The number of halogens is 3. The molecule has 94 valence electrons. The second-order valence-electron chi connectivity index (χ2n) is 4.12. The highest BCUT2D eigenvalue weighted by Crippen LogP contribution is 2.33. The summed E-state index contributed by atoms with van der Waals surface area (Å²) in [6.07, 6.45) is 0. The molecule has 0 spiro atoms. The van der Waals surface area contributed by atoms with Gasteiger partial charge in [-0.05, 0) is 41.8 Å². The molecule has 2 N–H and O–H groups in total. The third-order valence-electron chi connectivity index (χ3n) is 2.89. The van der Waals surface area contributed by atoms with Crippen LogP contribution in [-0.2, 0) is 0 Å². The highest BCUT2D eigenvalue weighted by Gasteiger charge is 2.16. The van der Waals surface area contributed by atoms with Crippen LogP contribution in [0.5, 0.6) is 0 Å². The third kappa shape index (κ3) is 2.51. The van der Waals surface area contributed by atoms with E-state index < -0.39 is 6.04 Å². The van der Waals surface area contributed by atoms with Crippen molar-refractivity contribution >= 4 is 23.2 Å².